The van der Waals surface area contributed by atoms with Crippen LogP contribution in [-0.2, 0) is 29.2 Å². The van der Waals surface area contributed by atoms with Gasteiger partial charge in [-0.05, 0) is 46.9 Å². The summed E-state index contributed by atoms with van der Waals surface area (Å²) in [6, 6.07) is 24.3. The van der Waals surface area contributed by atoms with E-state index in [1.54, 1.807) is 7.11 Å². The molecule has 4 heteroatoms. The van der Waals surface area contributed by atoms with Crippen molar-refractivity contribution in [3.8, 4) is 16.9 Å². The zero-order chi connectivity index (χ0) is 20.2. The highest BCUT2D eigenvalue weighted by atomic mass is 16.5. The van der Waals surface area contributed by atoms with Crippen LogP contribution in [-0.4, -0.2) is 24.0 Å². The second-order valence-corrected chi connectivity index (χ2v) is 7.31. The molecule has 29 heavy (non-hydrogen) atoms. The van der Waals surface area contributed by atoms with Crippen LogP contribution in [0.2, 0.25) is 0 Å². The number of hydrogen-bond donors (Lipinski definition) is 0. The number of amides is 1. The van der Waals surface area contributed by atoms with Gasteiger partial charge in [-0.15, -0.1) is 0 Å². The number of carbonyl (C=O) groups is 1. The Kier molecular flexibility index (Phi) is 5.63. The molecule has 0 saturated heterocycles. The van der Waals surface area contributed by atoms with Crippen LogP contribution in [0, 0.1) is 0 Å². The third-order valence-corrected chi connectivity index (χ3v) is 5.34. The molecular formula is C25H25NO3. The first-order valence-electron chi connectivity index (χ1n) is 9.85. The normalized spacial score (nSPS) is 13.8. The maximum Gasteiger partial charge on any atom is 0.252 e. The number of carbonyl (C=O) groups excluding carboxylic acids is 1. The predicted molar refractivity (Wildman–Crippen MR) is 113 cm³/mol. The van der Waals surface area contributed by atoms with Gasteiger partial charge in [-0.25, -0.2) is 0 Å². The minimum atomic E-state index is -0.529. The molecule has 1 aliphatic rings. The Morgan fingerprint density at radius 2 is 1.55 bits per heavy atom. The second-order valence-electron chi connectivity index (χ2n) is 7.31. The highest BCUT2D eigenvalue weighted by Crippen LogP contribution is 2.32. The molecule has 0 aromatic heterocycles. The van der Waals surface area contributed by atoms with Crippen molar-refractivity contribution in [3.63, 3.8) is 0 Å². The highest BCUT2D eigenvalue weighted by Gasteiger charge is 2.26. The fourth-order valence-corrected chi connectivity index (χ4v) is 3.78. The number of ether oxygens (including phenoxy) is 2. The summed E-state index contributed by atoms with van der Waals surface area (Å²) >= 11 is 0. The van der Waals surface area contributed by atoms with Gasteiger partial charge in [0.05, 0.1) is 13.7 Å². The van der Waals surface area contributed by atoms with Crippen LogP contribution >= 0.6 is 0 Å². The van der Waals surface area contributed by atoms with Crippen LogP contribution in [0.15, 0.2) is 72.8 Å². The number of fused-ring (bicyclic) bond motifs is 3. The largest absolute Gasteiger partial charge is 0.497 e. The Labute approximate surface area is 171 Å². The fraction of sp³-hybridized carbons (Fsp3) is 0.240. The molecule has 1 heterocycles. The van der Waals surface area contributed by atoms with Crippen molar-refractivity contribution in [3.05, 3.63) is 89.5 Å². The zero-order valence-corrected chi connectivity index (χ0v) is 16.8. The predicted octanol–water partition coefficient (Wildman–Crippen LogP) is 4.81. The number of methoxy groups -OCH3 is 1. The van der Waals surface area contributed by atoms with Crippen molar-refractivity contribution in [1.29, 1.82) is 0 Å². The minimum absolute atomic E-state index is 0.000553. The van der Waals surface area contributed by atoms with Gasteiger partial charge in [-0.2, -0.15) is 0 Å². The molecule has 1 atom stereocenters. The van der Waals surface area contributed by atoms with Crippen LogP contribution < -0.4 is 4.74 Å². The Hall–Kier alpha value is -3.11. The zero-order valence-electron chi connectivity index (χ0n) is 16.8. The van der Waals surface area contributed by atoms with Crippen molar-refractivity contribution in [1.82, 2.24) is 4.90 Å². The summed E-state index contributed by atoms with van der Waals surface area (Å²) in [5, 5.41) is 0. The van der Waals surface area contributed by atoms with Gasteiger partial charge >= 0.3 is 0 Å². The number of hydrogen-bond acceptors (Lipinski definition) is 3. The van der Waals surface area contributed by atoms with Crippen LogP contribution in [0.25, 0.3) is 11.1 Å². The molecule has 1 aliphatic heterocycles. The maximum absolute atomic E-state index is 13.2. The van der Waals surface area contributed by atoms with E-state index in [4.69, 9.17) is 9.47 Å². The summed E-state index contributed by atoms with van der Waals surface area (Å²) in [6.45, 7) is 3.35. The summed E-state index contributed by atoms with van der Waals surface area (Å²) in [7, 11) is 1.64. The van der Waals surface area contributed by atoms with E-state index >= 15 is 0 Å². The molecule has 0 N–H and O–H groups in total. The van der Waals surface area contributed by atoms with Gasteiger partial charge in [0.15, 0.2) is 0 Å². The third kappa shape index (κ3) is 4.17. The molecule has 0 saturated carbocycles. The Morgan fingerprint density at radius 3 is 2.17 bits per heavy atom. The first-order valence-corrected chi connectivity index (χ1v) is 9.85. The van der Waals surface area contributed by atoms with E-state index in [2.05, 4.69) is 24.3 Å². The molecule has 3 aromatic rings. The van der Waals surface area contributed by atoms with Crippen molar-refractivity contribution >= 4 is 5.91 Å². The maximum atomic E-state index is 13.2. The standard InChI is InChI=1S/C25H25NO3/c1-18(29-17-19-8-7-11-22(14-19)28-2)25(27)26-15-20-9-3-5-12-23(20)24-13-6-4-10-21(24)16-26/h3-14,18H,15-17H2,1-2H3. The number of nitrogens with zero attached hydrogens (tertiary/aromatic N) is 1. The highest BCUT2D eigenvalue weighted by molar-refractivity contribution is 5.82. The monoisotopic (exact) mass is 387 g/mol. The molecule has 0 spiro atoms. The molecule has 0 bridgehead atoms. The third-order valence-electron chi connectivity index (χ3n) is 5.34. The average molecular weight is 387 g/mol. The van der Waals surface area contributed by atoms with Crippen LogP contribution in [0.4, 0.5) is 0 Å². The summed E-state index contributed by atoms with van der Waals surface area (Å²) in [5.74, 6) is 0.783. The summed E-state index contributed by atoms with van der Waals surface area (Å²) in [5.41, 5.74) is 5.69. The van der Waals surface area contributed by atoms with E-state index in [9.17, 15) is 4.79 Å². The smallest absolute Gasteiger partial charge is 0.252 e. The first kappa shape index (κ1) is 19.2. The molecule has 1 unspecified atom stereocenters. The van der Waals surface area contributed by atoms with Crippen molar-refractivity contribution in [2.24, 2.45) is 0 Å². The average Bonchev–Trinajstić information content (AvgIpc) is 2.94. The molecule has 4 nitrogen and oxygen atoms in total. The molecular weight excluding hydrogens is 362 g/mol. The van der Waals surface area contributed by atoms with Gasteiger partial charge in [-0.3, -0.25) is 4.79 Å². The summed E-state index contributed by atoms with van der Waals surface area (Å²) in [6.07, 6.45) is -0.529. The molecule has 0 aliphatic carbocycles. The lowest BCUT2D eigenvalue weighted by atomic mass is 9.97. The number of benzene rings is 3. The van der Waals surface area contributed by atoms with Crippen molar-refractivity contribution in [2.45, 2.75) is 32.7 Å². The molecule has 0 fully saturated rings. The van der Waals surface area contributed by atoms with Gasteiger partial charge < -0.3 is 14.4 Å². The molecule has 1 amide bonds. The fourth-order valence-electron chi connectivity index (χ4n) is 3.78. The molecule has 3 aromatic carbocycles. The second kappa shape index (κ2) is 8.50. The van der Waals surface area contributed by atoms with Crippen molar-refractivity contribution in [2.75, 3.05) is 7.11 Å². The van der Waals surface area contributed by atoms with E-state index in [0.29, 0.717) is 19.7 Å². The van der Waals surface area contributed by atoms with Gasteiger partial charge in [0.2, 0.25) is 0 Å². The van der Waals surface area contributed by atoms with Crippen molar-refractivity contribution < 1.29 is 14.3 Å². The van der Waals surface area contributed by atoms with E-state index in [1.807, 2.05) is 60.4 Å². The Bertz CT molecular complexity index is 967. The van der Waals surface area contributed by atoms with E-state index < -0.39 is 6.10 Å². The topological polar surface area (TPSA) is 38.8 Å². The molecule has 4 rings (SSSR count). The summed E-state index contributed by atoms with van der Waals surface area (Å²) in [4.78, 5) is 15.1. The van der Waals surface area contributed by atoms with Crippen LogP contribution in [0.1, 0.15) is 23.6 Å². The van der Waals surface area contributed by atoms with Gasteiger partial charge in [-0.1, -0.05) is 60.7 Å². The van der Waals surface area contributed by atoms with E-state index in [1.165, 1.54) is 11.1 Å². The van der Waals surface area contributed by atoms with Gasteiger partial charge in [0, 0.05) is 13.1 Å². The lowest BCUT2D eigenvalue weighted by Gasteiger charge is -2.25. The van der Waals surface area contributed by atoms with Gasteiger partial charge in [0.1, 0.15) is 11.9 Å². The molecule has 0 radical (unpaired) electrons. The SMILES string of the molecule is COc1cccc(COC(C)C(=O)N2Cc3ccccc3-c3ccccc3C2)c1. The van der Waals surface area contributed by atoms with Crippen LogP contribution in [0.3, 0.4) is 0 Å². The number of rotatable bonds is 5. The quantitative estimate of drug-likeness (QED) is 0.631. The first-order chi connectivity index (χ1) is 14.2. The Balaban J connectivity index is 1.51. The molecule has 148 valence electrons. The lowest BCUT2D eigenvalue weighted by molar-refractivity contribution is -0.144. The summed E-state index contributed by atoms with van der Waals surface area (Å²) < 4.78 is 11.2. The van der Waals surface area contributed by atoms with E-state index in [-0.39, 0.29) is 5.91 Å². The Morgan fingerprint density at radius 1 is 0.931 bits per heavy atom. The van der Waals surface area contributed by atoms with E-state index in [0.717, 1.165) is 22.4 Å². The minimum Gasteiger partial charge on any atom is -0.497 e. The van der Waals surface area contributed by atoms with Crippen LogP contribution in [0.5, 0.6) is 5.75 Å². The lowest BCUT2D eigenvalue weighted by Crippen LogP contribution is -2.37. The van der Waals surface area contributed by atoms with Gasteiger partial charge in [0.25, 0.3) is 5.91 Å².